The minimum absolute atomic E-state index is 0.0254. The number of aromatic nitrogens is 2. The van der Waals surface area contributed by atoms with Gasteiger partial charge >= 0.3 is 0 Å². The predicted molar refractivity (Wildman–Crippen MR) is 167 cm³/mol. The van der Waals surface area contributed by atoms with Crippen LogP contribution in [0.3, 0.4) is 0 Å². The van der Waals surface area contributed by atoms with Crippen LogP contribution in [0.15, 0.2) is 18.6 Å². The molecule has 1 unspecified atom stereocenters. The van der Waals surface area contributed by atoms with Crippen LogP contribution in [0.1, 0.15) is 95.5 Å². The quantitative estimate of drug-likeness (QED) is 0.289. The van der Waals surface area contributed by atoms with E-state index >= 15 is 0 Å². The molecule has 5 rings (SSSR count). The molecule has 13 nitrogen and oxygen atoms in total. The van der Waals surface area contributed by atoms with Crippen LogP contribution in [-0.2, 0) is 24.0 Å². The monoisotopic (exact) mass is 637 g/mol. The highest BCUT2D eigenvalue weighted by Crippen LogP contribution is 2.37. The van der Waals surface area contributed by atoms with E-state index in [1.54, 1.807) is 11.8 Å². The first-order valence-electron chi connectivity index (χ1n) is 16.9. The lowest BCUT2D eigenvalue weighted by atomic mass is 9.83. The zero-order valence-corrected chi connectivity index (χ0v) is 27.1. The first kappa shape index (κ1) is 33.5. The molecule has 1 aromatic heterocycles. The number of likely N-dealkylation sites (tertiary alicyclic amines) is 2. The number of nitrogens with zero attached hydrogens (tertiary/aromatic N) is 4. The third-order valence-electron chi connectivity index (χ3n) is 10.2. The van der Waals surface area contributed by atoms with Crippen LogP contribution in [0.25, 0.3) is 0 Å². The molecule has 4 fully saturated rings. The van der Waals surface area contributed by atoms with E-state index < -0.39 is 53.6 Å². The van der Waals surface area contributed by atoms with Crippen molar-refractivity contribution >= 4 is 35.3 Å². The molecule has 4 aliphatic rings. The highest BCUT2D eigenvalue weighted by Gasteiger charge is 2.51. The van der Waals surface area contributed by atoms with Gasteiger partial charge in [-0.3, -0.25) is 33.8 Å². The van der Waals surface area contributed by atoms with E-state index in [4.69, 9.17) is 0 Å². The van der Waals surface area contributed by atoms with E-state index in [1.165, 1.54) is 23.5 Å². The van der Waals surface area contributed by atoms with E-state index in [1.807, 2.05) is 13.8 Å². The number of fused-ring (bicyclic) bond motifs is 2. The van der Waals surface area contributed by atoms with Crippen molar-refractivity contribution in [1.82, 2.24) is 35.7 Å². The third kappa shape index (κ3) is 7.39. The van der Waals surface area contributed by atoms with Crippen LogP contribution >= 0.6 is 0 Å². The molecule has 46 heavy (non-hydrogen) atoms. The summed E-state index contributed by atoms with van der Waals surface area (Å²) in [5.41, 5.74) is 0.0996. The Morgan fingerprint density at radius 1 is 1.00 bits per heavy atom. The molecule has 13 heteroatoms. The summed E-state index contributed by atoms with van der Waals surface area (Å²) in [4.78, 5) is 91.8. The largest absolute Gasteiger partial charge is 0.347 e. The molecule has 2 aliphatic carbocycles. The van der Waals surface area contributed by atoms with Crippen LogP contribution in [0, 0.1) is 17.8 Å². The lowest BCUT2D eigenvalue weighted by molar-refractivity contribution is -0.151. The number of carbonyl (C=O) groups is 6. The van der Waals surface area contributed by atoms with Crippen molar-refractivity contribution in [3.05, 3.63) is 24.3 Å². The van der Waals surface area contributed by atoms with E-state index in [0.717, 1.165) is 44.9 Å². The first-order chi connectivity index (χ1) is 22.1. The van der Waals surface area contributed by atoms with Crippen molar-refractivity contribution < 1.29 is 28.8 Å². The molecule has 1 aromatic rings. The first-order valence-corrected chi connectivity index (χ1v) is 16.9. The van der Waals surface area contributed by atoms with E-state index in [-0.39, 0.29) is 35.4 Å². The Hall–Kier alpha value is -3.90. The molecular weight excluding hydrogens is 590 g/mol. The van der Waals surface area contributed by atoms with Gasteiger partial charge in [-0.15, -0.1) is 0 Å². The lowest BCUT2D eigenvalue weighted by Gasteiger charge is -2.37. The standard InChI is InChI=1S/C33H47N7O6/c1-4-8-25(28(41)31(44)37-23-11-12-23)39-16-13-22-18-40(27(19(22)2)33(39)46)32(45)20(3)36-30(43)26(21-9-6-5-7-10-21)38-29(42)24-17-34-14-15-35-24/h14-15,17,19-23,25-27H,4-13,16,18H2,1-3H3,(H,36,43)(H,37,44)(H,38,42)/t19-,20?,22-,25-,26-,27-/m0/s1. The number of amides is 5. The Balaban J connectivity index is 1.29. The van der Waals surface area contributed by atoms with Gasteiger partial charge in [-0.2, -0.15) is 0 Å². The van der Waals surface area contributed by atoms with Crippen LogP contribution in [0.5, 0.6) is 0 Å². The normalized spacial score (nSPS) is 25.2. The molecule has 5 amide bonds. The Morgan fingerprint density at radius 3 is 2.39 bits per heavy atom. The van der Waals surface area contributed by atoms with Gasteiger partial charge in [0.2, 0.25) is 23.5 Å². The van der Waals surface area contributed by atoms with E-state index in [9.17, 15) is 28.8 Å². The number of hydrogen-bond donors (Lipinski definition) is 3. The van der Waals surface area contributed by atoms with Crippen molar-refractivity contribution in [2.45, 2.75) is 115 Å². The van der Waals surface area contributed by atoms with Crippen molar-refractivity contribution in [3.8, 4) is 0 Å². The minimum atomic E-state index is -0.960. The summed E-state index contributed by atoms with van der Waals surface area (Å²) in [5, 5.41) is 8.43. The van der Waals surface area contributed by atoms with Gasteiger partial charge in [-0.1, -0.05) is 39.5 Å². The van der Waals surface area contributed by atoms with Gasteiger partial charge in [0.25, 0.3) is 11.8 Å². The highest BCUT2D eigenvalue weighted by atomic mass is 16.2. The topological polar surface area (TPSA) is 171 Å². The van der Waals surface area contributed by atoms with Crippen LogP contribution < -0.4 is 16.0 Å². The maximum atomic E-state index is 14.1. The Bertz CT molecular complexity index is 1310. The Labute approximate surface area is 270 Å². The lowest BCUT2D eigenvalue weighted by Crippen LogP contribution is -2.60. The Morgan fingerprint density at radius 2 is 1.74 bits per heavy atom. The zero-order chi connectivity index (χ0) is 33.0. The van der Waals surface area contributed by atoms with Crippen molar-refractivity contribution in [2.24, 2.45) is 17.8 Å². The molecule has 2 saturated carbocycles. The van der Waals surface area contributed by atoms with Gasteiger partial charge in [-0.05, 0) is 63.2 Å². The number of ketones is 1. The number of rotatable bonds is 12. The summed E-state index contributed by atoms with van der Waals surface area (Å²) in [5.74, 6) is -3.16. The van der Waals surface area contributed by atoms with Gasteiger partial charge in [0, 0.05) is 31.5 Å². The summed E-state index contributed by atoms with van der Waals surface area (Å²) in [6.07, 6.45) is 12.0. The van der Waals surface area contributed by atoms with Gasteiger partial charge in [0.05, 0.1) is 6.20 Å². The molecule has 250 valence electrons. The molecule has 0 radical (unpaired) electrons. The zero-order valence-electron chi connectivity index (χ0n) is 27.1. The van der Waals surface area contributed by atoms with Gasteiger partial charge in [0.15, 0.2) is 0 Å². The number of hydrogen-bond acceptors (Lipinski definition) is 8. The second kappa shape index (κ2) is 14.7. The maximum Gasteiger partial charge on any atom is 0.289 e. The number of carbonyl (C=O) groups excluding carboxylic acids is 6. The molecule has 3 heterocycles. The minimum Gasteiger partial charge on any atom is -0.347 e. The fourth-order valence-electron chi connectivity index (χ4n) is 7.36. The van der Waals surface area contributed by atoms with Gasteiger partial charge < -0.3 is 25.8 Å². The average Bonchev–Trinajstić information content (AvgIpc) is 3.83. The average molecular weight is 638 g/mol. The van der Waals surface area contributed by atoms with Crippen LogP contribution in [0.2, 0.25) is 0 Å². The van der Waals surface area contributed by atoms with E-state index in [2.05, 4.69) is 25.9 Å². The number of nitrogens with one attached hydrogen (secondary N) is 3. The fourth-order valence-corrected chi connectivity index (χ4v) is 7.36. The second-order valence-electron chi connectivity index (χ2n) is 13.5. The molecule has 0 spiro atoms. The summed E-state index contributed by atoms with van der Waals surface area (Å²) in [7, 11) is 0. The van der Waals surface area contributed by atoms with Gasteiger partial charge in [0.1, 0.15) is 29.9 Å². The molecule has 2 saturated heterocycles. The molecule has 3 N–H and O–H groups in total. The molecular formula is C33H47N7O6. The maximum absolute atomic E-state index is 14.1. The molecule has 2 aliphatic heterocycles. The molecule has 0 aromatic carbocycles. The molecule has 6 atom stereocenters. The van der Waals surface area contributed by atoms with Crippen molar-refractivity contribution in [3.63, 3.8) is 0 Å². The summed E-state index contributed by atoms with van der Waals surface area (Å²) >= 11 is 0. The van der Waals surface area contributed by atoms with E-state index in [0.29, 0.717) is 32.4 Å². The predicted octanol–water partition coefficient (Wildman–Crippen LogP) is 1.37. The smallest absolute Gasteiger partial charge is 0.289 e. The van der Waals surface area contributed by atoms with Crippen LogP contribution in [0.4, 0.5) is 0 Å². The molecule has 2 bridgehead atoms. The number of Topliss-reactive ketones (excluding diaryl/α,β-unsaturated/α-hetero) is 1. The Kier molecular flexibility index (Phi) is 10.7. The fraction of sp³-hybridized carbons (Fsp3) is 0.697. The van der Waals surface area contributed by atoms with Crippen molar-refractivity contribution in [2.75, 3.05) is 13.1 Å². The van der Waals surface area contributed by atoms with Crippen LogP contribution in [-0.4, -0.2) is 98.4 Å². The summed E-state index contributed by atoms with van der Waals surface area (Å²) in [6, 6.07) is -3.48. The third-order valence-corrected chi connectivity index (χ3v) is 10.2. The SMILES string of the molecule is CCC[C@@H](C(=O)C(=O)NC1CC1)N1CC[C@H]2CN(C(=O)C(C)NC(=O)[C@@H](NC(=O)c3cnccn3)C3CCCCC3)[C@H](C1=O)[C@H]2C. The van der Waals surface area contributed by atoms with Crippen molar-refractivity contribution in [1.29, 1.82) is 0 Å². The highest BCUT2D eigenvalue weighted by molar-refractivity contribution is 6.38. The van der Waals surface area contributed by atoms with Gasteiger partial charge in [-0.25, -0.2) is 4.98 Å². The summed E-state index contributed by atoms with van der Waals surface area (Å²) in [6.45, 7) is 6.17. The second-order valence-corrected chi connectivity index (χ2v) is 13.5. The summed E-state index contributed by atoms with van der Waals surface area (Å²) < 4.78 is 0.